The van der Waals surface area contributed by atoms with E-state index in [0.29, 0.717) is 6.61 Å². The summed E-state index contributed by atoms with van der Waals surface area (Å²) in [6.07, 6.45) is 0. The van der Waals surface area contributed by atoms with Crippen molar-refractivity contribution in [3.05, 3.63) is 0 Å². The number of carbonyl (C=O) groups excluding carboxylic acids is 1. The number of carbonyl (C=O) groups is 1. The summed E-state index contributed by atoms with van der Waals surface area (Å²) in [4.78, 5) is 10.7. The first-order valence-corrected chi connectivity index (χ1v) is 5.27. The van der Waals surface area contributed by atoms with Crippen molar-refractivity contribution >= 4 is 28.8 Å². The standard InChI is InChI=1S/C6H10O2S2/c1-2-8-6(7)10-4-5-3-9-5/h5H,2-4H2,1H3. The number of hydrogen-bond donors (Lipinski definition) is 0. The fraction of sp³-hybridized carbons (Fsp3) is 0.833. The second-order valence-corrected chi connectivity index (χ2v) is 4.24. The van der Waals surface area contributed by atoms with E-state index in [2.05, 4.69) is 0 Å². The van der Waals surface area contributed by atoms with E-state index in [1.54, 1.807) is 0 Å². The van der Waals surface area contributed by atoms with Crippen LogP contribution in [0.4, 0.5) is 4.79 Å². The lowest BCUT2D eigenvalue weighted by atomic mass is 10.6. The maximum absolute atomic E-state index is 10.7. The van der Waals surface area contributed by atoms with Crippen LogP contribution in [0.15, 0.2) is 0 Å². The predicted molar refractivity (Wildman–Crippen MR) is 45.7 cm³/mol. The van der Waals surface area contributed by atoms with Crippen LogP contribution in [0.1, 0.15) is 6.92 Å². The van der Waals surface area contributed by atoms with Gasteiger partial charge in [0.05, 0.1) is 6.61 Å². The Morgan fingerprint density at radius 2 is 2.60 bits per heavy atom. The van der Waals surface area contributed by atoms with Crippen LogP contribution in [-0.2, 0) is 4.74 Å². The Bertz CT molecular complexity index is 123. The van der Waals surface area contributed by atoms with Gasteiger partial charge in [0.1, 0.15) is 0 Å². The Kier molecular flexibility index (Phi) is 3.42. The maximum atomic E-state index is 10.7. The molecule has 1 saturated heterocycles. The Labute approximate surface area is 69.1 Å². The van der Waals surface area contributed by atoms with Crippen LogP contribution in [0.2, 0.25) is 0 Å². The first kappa shape index (κ1) is 8.27. The number of thioether (sulfide) groups is 2. The molecule has 1 heterocycles. The molecule has 0 spiro atoms. The highest BCUT2D eigenvalue weighted by atomic mass is 32.2. The molecule has 0 aromatic rings. The third-order valence-electron chi connectivity index (χ3n) is 1.05. The highest BCUT2D eigenvalue weighted by molar-refractivity contribution is 8.15. The van der Waals surface area contributed by atoms with E-state index in [9.17, 15) is 4.79 Å². The molecule has 1 unspecified atom stereocenters. The quantitative estimate of drug-likeness (QED) is 0.487. The van der Waals surface area contributed by atoms with Gasteiger partial charge in [-0.3, -0.25) is 0 Å². The molecule has 1 rings (SSSR count). The van der Waals surface area contributed by atoms with Crippen molar-refractivity contribution in [3.63, 3.8) is 0 Å². The molecule has 0 saturated carbocycles. The Morgan fingerprint density at radius 1 is 1.90 bits per heavy atom. The van der Waals surface area contributed by atoms with Gasteiger partial charge in [-0.15, -0.1) is 0 Å². The fourth-order valence-corrected chi connectivity index (χ4v) is 2.12. The van der Waals surface area contributed by atoms with Crippen molar-refractivity contribution in [2.24, 2.45) is 0 Å². The minimum absolute atomic E-state index is 0.130. The molecule has 4 heteroatoms. The largest absolute Gasteiger partial charge is 0.458 e. The first-order valence-electron chi connectivity index (χ1n) is 3.24. The average molecular weight is 178 g/mol. The monoisotopic (exact) mass is 178 g/mol. The molecular formula is C6H10O2S2. The molecule has 0 aromatic heterocycles. The lowest BCUT2D eigenvalue weighted by Crippen LogP contribution is -1.99. The molecule has 10 heavy (non-hydrogen) atoms. The van der Waals surface area contributed by atoms with Crippen LogP contribution in [0, 0.1) is 0 Å². The van der Waals surface area contributed by atoms with E-state index >= 15 is 0 Å². The van der Waals surface area contributed by atoms with Gasteiger partial charge < -0.3 is 4.74 Å². The summed E-state index contributed by atoms with van der Waals surface area (Å²) in [5.74, 6) is 2.13. The van der Waals surface area contributed by atoms with E-state index in [0.717, 1.165) is 11.0 Å². The van der Waals surface area contributed by atoms with Gasteiger partial charge in [0, 0.05) is 16.8 Å². The van der Waals surface area contributed by atoms with Crippen molar-refractivity contribution in [1.29, 1.82) is 0 Å². The van der Waals surface area contributed by atoms with Crippen LogP contribution in [-0.4, -0.2) is 28.7 Å². The third-order valence-corrected chi connectivity index (χ3v) is 3.16. The van der Waals surface area contributed by atoms with Crippen molar-refractivity contribution in [2.45, 2.75) is 12.2 Å². The van der Waals surface area contributed by atoms with Crippen LogP contribution < -0.4 is 0 Å². The van der Waals surface area contributed by atoms with E-state index in [4.69, 9.17) is 4.74 Å². The minimum atomic E-state index is -0.130. The summed E-state index contributed by atoms with van der Waals surface area (Å²) in [6, 6.07) is 0. The molecule has 0 bridgehead atoms. The summed E-state index contributed by atoms with van der Waals surface area (Å²) in [5.41, 5.74) is 0. The smallest absolute Gasteiger partial charge is 0.367 e. The first-order chi connectivity index (χ1) is 4.83. The number of rotatable bonds is 3. The second kappa shape index (κ2) is 4.13. The molecule has 1 atom stereocenters. The van der Waals surface area contributed by atoms with Crippen LogP contribution in [0.25, 0.3) is 0 Å². The van der Waals surface area contributed by atoms with Gasteiger partial charge in [-0.25, -0.2) is 4.79 Å². The van der Waals surface area contributed by atoms with Crippen molar-refractivity contribution in [3.8, 4) is 0 Å². The van der Waals surface area contributed by atoms with Gasteiger partial charge in [-0.2, -0.15) is 11.8 Å². The second-order valence-electron chi connectivity index (χ2n) is 1.95. The van der Waals surface area contributed by atoms with E-state index in [1.165, 1.54) is 17.5 Å². The topological polar surface area (TPSA) is 26.3 Å². The number of hydrogen-bond acceptors (Lipinski definition) is 4. The zero-order valence-corrected chi connectivity index (χ0v) is 7.46. The van der Waals surface area contributed by atoms with Gasteiger partial charge >= 0.3 is 5.30 Å². The third kappa shape index (κ3) is 3.37. The number of ether oxygens (including phenoxy) is 1. The van der Waals surface area contributed by atoms with E-state index in [-0.39, 0.29) is 5.30 Å². The lowest BCUT2D eigenvalue weighted by molar-refractivity contribution is 0.181. The Balaban J connectivity index is 1.94. The van der Waals surface area contributed by atoms with Gasteiger partial charge in [0.25, 0.3) is 0 Å². The summed E-state index contributed by atoms with van der Waals surface area (Å²) in [6.45, 7) is 2.31. The molecule has 1 fully saturated rings. The van der Waals surface area contributed by atoms with Crippen LogP contribution >= 0.6 is 23.5 Å². The summed E-state index contributed by atoms with van der Waals surface area (Å²) >= 11 is 3.19. The van der Waals surface area contributed by atoms with E-state index in [1.807, 2.05) is 18.7 Å². The average Bonchev–Trinajstić information content (AvgIpc) is 2.67. The van der Waals surface area contributed by atoms with E-state index < -0.39 is 0 Å². The van der Waals surface area contributed by atoms with Gasteiger partial charge in [0.15, 0.2) is 0 Å². The molecule has 1 aliphatic heterocycles. The molecule has 0 amide bonds. The normalized spacial score (nSPS) is 22.3. The molecule has 0 radical (unpaired) electrons. The highest BCUT2D eigenvalue weighted by Crippen LogP contribution is 2.33. The van der Waals surface area contributed by atoms with Crippen molar-refractivity contribution in [1.82, 2.24) is 0 Å². The fourth-order valence-electron chi connectivity index (χ4n) is 0.485. The van der Waals surface area contributed by atoms with Crippen LogP contribution in [0.5, 0.6) is 0 Å². The van der Waals surface area contributed by atoms with Crippen molar-refractivity contribution < 1.29 is 9.53 Å². The van der Waals surface area contributed by atoms with Gasteiger partial charge in [-0.05, 0) is 18.7 Å². The summed E-state index contributed by atoms with van der Waals surface area (Å²) in [7, 11) is 0. The van der Waals surface area contributed by atoms with Crippen molar-refractivity contribution in [2.75, 3.05) is 18.1 Å². The Hall–Kier alpha value is 0.170. The zero-order chi connectivity index (χ0) is 7.40. The molecule has 0 N–H and O–H groups in total. The maximum Gasteiger partial charge on any atom is 0.367 e. The van der Waals surface area contributed by atoms with Gasteiger partial charge in [-0.1, -0.05) is 0 Å². The Morgan fingerprint density at radius 3 is 3.10 bits per heavy atom. The summed E-state index contributed by atoms with van der Waals surface area (Å²) in [5, 5.41) is 0.587. The highest BCUT2D eigenvalue weighted by Gasteiger charge is 2.23. The molecule has 2 nitrogen and oxygen atoms in total. The summed E-state index contributed by atoms with van der Waals surface area (Å²) < 4.78 is 4.73. The minimum Gasteiger partial charge on any atom is -0.458 e. The van der Waals surface area contributed by atoms with Crippen LogP contribution in [0.3, 0.4) is 0 Å². The molecule has 0 aliphatic carbocycles. The molecular weight excluding hydrogens is 168 g/mol. The predicted octanol–water partition coefficient (Wildman–Crippen LogP) is 1.99. The lowest BCUT2D eigenvalue weighted by Gasteiger charge is -1.97. The van der Waals surface area contributed by atoms with Gasteiger partial charge in [0.2, 0.25) is 0 Å². The molecule has 0 aromatic carbocycles. The zero-order valence-electron chi connectivity index (χ0n) is 5.83. The SMILES string of the molecule is CCOC(=O)SCC1CS1. The molecule has 1 aliphatic rings. The molecule has 58 valence electrons.